The zero-order chi connectivity index (χ0) is 15.3. The van der Waals surface area contributed by atoms with Crippen LogP contribution in [-0.4, -0.2) is 33.7 Å². The van der Waals surface area contributed by atoms with E-state index in [2.05, 4.69) is 38.6 Å². The van der Waals surface area contributed by atoms with Crippen LogP contribution < -0.4 is 0 Å². The number of alkyl halides is 3. The van der Waals surface area contributed by atoms with Gasteiger partial charge in [-0.05, 0) is 24.2 Å². The number of carbonyl (C=O) groups is 1. The van der Waals surface area contributed by atoms with Crippen LogP contribution in [0.25, 0.3) is 0 Å². The molecule has 7 heteroatoms. The highest BCUT2D eigenvalue weighted by Crippen LogP contribution is 2.36. The Morgan fingerprint density at radius 3 is 2.00 bits per heavy atom. The van der Waals surface area contributed by atoms with E-state index in [0.29, 0.717) is 6.61 Å². The van der Waals surface area contributed by atoms with Gasteiger partial charge in [0.2, 0.25) is 0 Å². The number of rotatable bonds is 5. The first-order valence-corrected chi connectivity index (χ1v) is 8.81. The Morgan fingerprint density at radius 1 is 1.11 bits per heavy atom. The second-order valence-electron chi connectivity index (χ2n) is 5.64. The van der Waals surface area contributed by atoms with Crippen molar-refractivity contribution < 1.29 is 27.1 Å². The minimum absolute atomic E-state index is 0.0730. The van der Waals surface area contributed by atoms with Crippen LogP contribution in [0.3, 0.4) is 0 Å². The summed E-state index contributed by atoms with van der Waals surface area (Å²) in [6, 6.07) is 0. The number of esters is 1. The van der Waals surface area contributed by atoms with Gasteiger partial charge in [-0.2, -0.15) is 13.2 Å². The van der Waals surface area contributed by atoms with Gasteiger partial charge in [0.1, 0.15) is 6.61 Å². The molecule has 0 amide bonds. The average Bonchev–Trinajstić information content (AvgIpc) is 2.19. The first-order valence-electron chi connectivity index (χ1n) is 5.91. The van der Waals surface area contributed by atoms with Gasteiger partial charge < -0.3 is 9.16 Å². The molecule has 0 fully saturated rings. The first kappa shape index (κ1) is 18.2. The number of hydrogen-bond donors (Lipinski definition) is 0. The minimum atomic E-state index is -4.94. The molecule has 0 bridgehead atoms. The normalized spacial score (nSPS) is 13.9. The Hall–Kier alpha value is -0.823. The molecule has 0 rings (SSSR count). The van der Waals surface area contributed by atoms with Crippen molar-refractivity contribution in [3.8, 4) is 0 Å². The van der Waals surface area contributed by atoms with Crippen molar-refractivity contribution >= 4 is 14.3 Å². The van der Waals surface area contributed by atoms with E-state index in [1.165, 1.54) is 6.08 Å². The fraction of sp³-hybridized carbons (Fsp3) is 0.750. The van der Waals surface area contributed by atoms with Gasteiger partial charge in [0, 0.05) is 0 Å². The molecular formula is C12H21F3O3Si. The third kappa shape index (κ3) is 6.77. The lowest BCUT2D eigenvalue weighted by atomic mass is 10.2. The summed E-state index contributed by atoms with van der Waals surface area (Å²) in [5.41, 5.74) is 0. The standard InChI is InChI=1S/C12H21F3O3Si/c1-11(2,3)19(4,5)18-9-7-6-8-17-10(16)12(13,14)15/h6-7H,8-9H2,1-5H3/b7-6-. The summed E-state index contributed by atoms with van der Waals surface area (Å²) < 4.78 is 45.2. The monoisotopic (exact) mass is 298 g/mol. The van der Waals surface area contributed by atoms with Gasteiger partial charge in [-0.1, -0.05) is 26.8 Å². The molecule has 0 radical (unpaired) electrons. The Bertz CT molecular complexity index is 330. The predicted octanol–water partition coefficient (Wildman–Crippen LogP) is 3.67. The quantitative estimate of drug-likeness (QED) is 0.441. The molecule has 0 aliphatic heterocycles. The lowest BCUT2D eigenvalue weighted by Gasteiger charge is -2.35. The van der Waals surface area contributed by atoms with Crippen molar-refractivity contribution in [3.05, 3.63) is 12.2 Å². The zero-order valence-corrected chi connectivity index (χ0v) is 12.9. The first-order chi connectivity index (χ1) is 8.38. The molecule has 0 aromatic carbocycles. The van der Waals surface area contributed by atoms with Gasteiger partial charge in [-0.3, -0.25) is 0 Å². The maximum absolute atomic E-state index is 11.8. The molecule has 0 aromatic rings. The van der Waals surface area contributed by atoms with E-state index in [0.717, 1.165) is 0 Å². The van der Waals surface area contributed by atoms with E-state index in [1.807, 2.05) is 0 Å². The third-order valence-corrected chi connectivity index (χ3v) is 7.56. The van der Waals surface area contributed by atoms with Crippen LogP contribution in [0.1, 0.15) is 20.8 Å². The summed E-state index contributed by atoms with van der Waals surface area (Å²) in [6.07, 6.45) is -2.04. The summed E-state index contributed by atoms with van der Waals surface area (Å²) in [7, 11) is -1.86. The van der Waals surface area contributed by atoms with Gasteiger partial charge in [0.05, 0.1) is 6.61 Å². The van der Waals surface area contributed by atoms with Crippen molar-refractivity contribution in [1.82, 2.24) is 0 Å². The summed E-state index contributed by atoms with van der Waals surface area (Å²) in [4.78, 5) is 10.4. The van der Waals surface area contributed by atoms with E-state index >= 15 is 0 Å². The summed E-state index contributed by atoms with van der Waals surface area (Å²) in [5, 5.41) is 0.0730. The van der Waals surface area contributed by atoms with Crippen LogP contribution in [-0.2, 0) is 14.0 Å². The zero-order valence-electron chi connectivity index (χ0n) is 11.9. The molecule has 112 valence electrons. The van der Waals surface area contributed by atoms with E-state index in [4.69, 9.17) is 4.43 Å². The Morgan fingerprint density at radius 2 is 1.58 bits per heavy atom. The van der Waals surface area contributed by atoms with Gasteiger partial charge in [-0.15, -0.1) is 0 Å². The molecule has 0 N–H and O–H groups in total. The fourth-order valence-corrected chi connectivity index (χ4v) is 1.76. The van der Waals surface area contributed by atoms with Crippen molar-refractivity contribution in [3.63, 3.8) is 0 Å². The summed E-state index contributed by atoms with van der Waals surface area (Å²) >= 11 is 0. The summed E-state index contributed by atoms with van der Waals surface area (Å²) in [6.45, 7) is 10.3. The second kappa shape index (κ2) is 6.56. The highest BCUT2D eigenvalue weighted by atomic mass is 28.4. The van der Waals surface area contributed by atoms with Gasteiger partial charge >= 0.3 is 12.1 Å². The SMILES string of the molecule is CC(C)(C)[Si](C)(C)OC/C=C\COC(=O)C(F)(F)F. The second-order valence-corrected chi connectivity index (χ2v) is 10.4. The van der Waals surface area contributed by atoms with E-state index in [9.17, 15) is 18.0 Å². The van der Waals surface area contributed by atoms with Crippen LogP contribution in [0.15, 0.2) is 12.2 Å². The largest absolute Gasteiger partial charge is 0.490 e. The average molecular weight is 298 g/mol. The van der Waals surface area contributed by atoms with Gasteiger partial charge in [0.15, 0.2) is 8.32 Å². The number of ether oxygens (including phenoxy) is 1. The van der Waals surface area contributed by atoms with Gasteiger partial charge in [0.25, 0.3) is 0 Å². The predicted molar refractivity (Wildman–Crippen MR) is 69.3 cm³/mol. The van der Waals surface area contributed by atoms with Crippen molar-refractivity contribution in [2.45, 2.75) is 45.1 Å². The molecule has 0 aliphatic rings. The Balaban J connectivity index is 3.98. The van der Waals surface area contributed by atoms with Crippen LogP contribution in [0.5, 0.6) is 0 Å². The topological polar surface area (TPSA) is 35.5 Å². The number of carbonyl (C=O) groups excluding carboxylic acids is 1. The van der Waals surface area contributed by atoms with Crippen molar-refractivity contribution in [2.75, 3.05) is 13.2 Å². The van der Waals surface area contributed by atoms with Crippen molar-refractivity contribution in [1.29, 1.82) is 0 Å². The van der Waals surface area contributed by atoms with Crippen LogP contribution >= 0.6 is 0 Å². The molecule has 0 unspecified atom stereocenters. The Kier molecular flexibility index (Phi) is 6.28. The molecule has 0 aliphatic carbocycles. The molecule has 0 spiro atoms. The summed E-state index contributed by atoms with van der Waals surface area (Å²) in [5.74, 6) is -2.18. The minimum Gasteiger partial charge on any atom is -0.455 e. The highest BCUT2D eigenvalue weighted by molar-refractivity contribution is 6.74. The molecule has 0 saturated carbocycles. The third-order valence-electron chi connectivity index (χ3n) is 3.06. The van der Waals surface area contributed by atoms with E-state index in [1.54, 1.807) is 6.08 Å². The molecule has 3 nitrogen and oxygen atoms in total. The fourth-order valence-electron chi connectivity index (χ4n) is 0.815. The molecule has 19 heavy (non-hydrogen) atoms. The molecule has 0 saturated heterocycles. The molecule has 0 aromatic heterocycles. The molecular weight excluding hydrogens is 277 g/mol. The lowest BCUT2D eigenvalue weighted by Crippen LogP contribution is -2.40. The van der Waals surface area contributed by atoms with Crippen LogP contribution in [0.4, 0.5) is 13.2 Å². The highest BCUT2D eigenvalue weighted by Gasteiger charge is 2.40. The van der Waals surface area contributed by atoms with Gasteiger partial charge in [-0.25, -0.2) is 4.79 Å². The van der Waals surface area contributed by atoms with Crippen LogP contribution in [0, 0.1) is 0 Å². The molecule has 0 heterocycles. The van der Waals surface area contributed by atoms with E-state index in [-0.39, 0.29) is 5.04 Å². The Labute approximate surface area is 112 Å². The smallest absolute Gasteiger partial charge is 0.455 e. The number of hydrogen-bond acceptors (Lipinski definition) is 3. The van der Waals surface area contributed by atoms with E-state index < -0.39 is 27.1 Å². The maximum atomic E-state index is 11.8. The maximum Gasteiger partial charge on any atom is 0.490 e. The van der Waals surface area contributed by atoms with Crippen molar-refractivity contribution in [2.24, 2.45) is 0 Å². The lowest BCUT2D eigenvalue weighted by molar-refractivity contribution is -0.198. The number of halogens is 3. The van der Waals surface area contributed by atoms with Crippen LogP contribution in [0.2, 0.25) is 18.1 Å². The molecule has 0 atom stereocenters.